The highest BCUT2D eigenvalue weighted by Gasteiger charge is 2.59. The van der Waals surface area contributed by atoms with Gasteiger partial charge in [0.05, 0.1) is 43.6 Å². The molecule has 1 amide bonds. The van der Waals surface area contributed by atoms with Gasteiger partial charge in [0.25, 0.3) is 5.91 Å². The molecule has 0 radical (unpaired) electrons. The Bertz CT molecular complexity index is 2540. The van der Waals surface area contributed by atoms with Gasteiger partial charge in [-0.3, -0.25) is 24.2 Å². The van der Waals surface area contributed by atoms with Crippen molar-refractivity contribution in [1.82, 2.24) is 28.9 Å². The molecule has 5 N–H and O–H groups in total. The van der Waals surface area contributed by atoms with E-state index in [2.05, 4.69) is 20.4 Å². The fourth-order valence-electron chi connectivity index (χ4n) is 12.8. The highest BCUT2D eigenvalue weighted by Crippen LogP contribution is 2.64. The van der Waals surface area contributed by atoms with Gasteiger partial charge in [-0.15, -0.1) is 0 Å². The second kappa shape index (κ2) is 16.1. The first-order valence-corrected chi connectivity index (χ1v) is 23.7. The van der Waals surface area contributed by atoms with Gasteiger partial charge in [0.1, 0.15) is 0 Å². The van der Waals surface area contributed by atoms with Crippen LogP contribution in [0.4, 0.5) is 11.4 Å². The molecule has 0 saturated heterocycles. The van der Waals surface area contributed by atoms with Crippen LogP contribution in [0.1, 0.15) is 122 Å². The van der Waals surface area contributed by atoms with E-state index < -0.39 is 29.0 Å². The van der Waals surface area contributed by atoms with Crippen LogP contribution in [0.15, 0.2) is 36.4 Å². The summed E-state index contributed by atoms with van der Waals surface area (Å²) in [5.41, 5.74) is 5.34. The summed E-state index contributed by atoms with van der Waals surface area (Å²) in [4.78, 5) is 52.3. The number of nitrogens with zero attached hydrogens (tertiary/aromatic N) is 6. The summed E-state index contributed by atoms with van der Waals surface area (Å²) in [6.45, 7) is 4.86. The SMILES string of the molecule is Cn1c(C(=O)Nc2cccc(-c3cccc(NC(O)c4nc5c(n4C)CCN(CCC46CCC(C(=O)O)(CC4)C6)C5)c3Cl)c2Cl)nc2c1CCN(CCC13CCC(C(=O)O)(CC1)C3)C2. The average Bonchev–Trinajstić information content (AvgIpc) is 4.15. The van der Waals surface area contributed by atoms with Gasteiger partial charge in [0.2, 0.25) is 0 Å². The number of benzene rings is 2. The number of halogens is 2. The molecule has 1 unspecified atom stereocenters. The monoisotopic (exact) mass is 912 g/mol. The number of amides is 1. The van der Waals surface area contributed by atoms with Crippen LogP contribution in [0.5, 0.6) is 0 Å². The Morgan fingerprint density at radius 3 is 1.70 bits per heavy atom. The summed E-state index contributed by atoms with van der Waals surface area (Å²) >= 11 is 14.1. The van der Waals surface area contributed by atoms with Crippen molar-refractivity contribution in [2.75, 3.05) is 36.8 Å². The number of nitrogens with one attached hydrogen (secondary N) is 2. The van der Waals surface area contributed by atoms with Gasteiger partial charge < -0.3 is 35.1 Å². The quantitative estimate of drug-likeness (QED) is 0.0774. The minimum Gasteiger partial charge on any atom is -0.481 e. The summed E-state index contributed by atoms with van der Waals surface area (Å²) in [5.74, 6) is -0.835. The van der Waals surface area contributed by atoms with E-state index in [1.807, 2.05) is 47.5 Å². The third-order valence-corrected chi connectivity index (χ3v) is 17.6. The molecular formula is C48H58Cl2N8O6. The van der Waals surface area contributed by atoms with E-state index in [-0.39, 0.29) is 16.7 Å². The Morgan fingerprint density at radius 2 is 1.19 bits per heavy atom. The molecule has 14 nitrogen and oxygen atoms in total. The maximum absolute atomic E-state index is 13.8. The van der Waals surface area contributed by atoms with Crippen LogP contribution in [0, 0.1) is 21.7 Å². The van der Waals surface area contributed by atoms with Gasteiger partial charge in [-0.1, -0.05) is 47.5 Å². The van der Waals surface area contributed by atoms with Gasteiger partial charge in [-0.05, 0) is 113 Å². The van der Waals surface area contributed by atoms with Crippen molar-refractivity contribution in [2.45, 2.75) is 109 Å². The van der Waals surface area contributed by atoms with Gasteiger partial charge in [0, 0.05) is 75.6 Å². The van der Waals surface area contributed by atoms with E-state index in [1.165, 1.54) is 0 Å². The van der Waals surface area contributed by atoms with Crippen molar-refractivity contribution < 1.29 is 29.7 Å². The molecule has 340 valence electrons. The number of hydrogen-bond acceptors (Lipinski definition) is 9. The van der Waals surface area contributed by atoms with E-state index in [1.54, 1.807) is 12.1 Å². The van der Waals surface area contributed by atoms with Crippen molar-refractivity contribution in [3.63, 3.8) is 0 Å². The highest BCUT2D eigenvalue weighted by atomic mass is 35.5. The summed E-state index contributed by atoms with van der Waals surface area (Å²) < 4.78 is 3.84. The minimum absolute atomic E-state index is 0.127. The largest absolute Gasteiger partial charge is 0.481 e. The lowest BCUT2D eigenvalue weighted by molar-refractivity contribution is -0.149. The number of rotatable bonds is 14. The fraction of sp³-hybridized carbons (Fsp3) is 0.562. The number of carbonyl (C=O) groups excluding carboxylic acids is 1. The van der Waals surface area contributed by atoms with Crippen molar-refractivity contribution in [3.8, 4) is 11.1 Å². The number of imidazole rings is 2. The second-order valence-corrected chi connectivity index (χ2v) is 21.0. The first-order chi connectivity index (χ1) is 30.6. The molecule has 4 aliphatic carbocycles. The molecule has 4 fully saturated rings. The predicted octanol–water partition coefficient (Wildman–Crippen LogP) is 8.05. The van der Waals surface area contributed by atoms with Crippen LogP contribution in [0.2, 0.25) is 10.0 Å². The van der Waals surface area contributed by atoms with Crippen molar-refractivity contribution in [1.29, 1.82) is 0 Å². The Balaban J connectivity index is 0.778. The molecule has 2 aliphatic heterocycles. The number of carboxylic acid groups (broad SMARTS) is 2. The molecule has 2 aromatic heterocycles. The summed E-state index contributed by atoms with van der Waals surface area (Å²) in [6, 6.07) is 10.9. The minimum atomic E-state index is -1.15. The lowest BCUT2D eigenvalue weighted by Crippen LogP contribution is -2.34. The molecule has 4 aromatic rings. The Hall–Kier alpha value is -4.47. The fourth-order valence-corrected chi connectivity index (χ4v) is 13.4. The number of carboxylic acids is 2. The number of fused-ring (bicyclic) bond motifs is 6. The van der Waals surface area contributed by atoms with Crippen LogP contribution in [-0.4, -0.2) is 88.2 Å². The van der Waals surface area contributed by atoms with Crippen LogP contribution >= 0.6 is 23.2 Å². The average molecular weight is 914 g/mol. The number of aromatic nitrogens is 4. The van der Waals surface area contributed by atoms with E-state index in [0.29, 0.717) is 57.3 Å². The Labute approximate surface area is 383 Å². The zero-order chi connectivity index (χ0) is 44.8. The summed E-state index contributed by atoms with van der Waals surface area (Å²) in [5, 5.41) is 38.1. The number of aliphatic hydroxyl groups excluding tert-OH is 1. The number of carbonyl (C=O) groups is 3. The zero-order valence-electron chi connectivity index (χ0n) is 36.7. The topological polar surface area (TPSA) is 178 Å². The first kappa shape index (κ1) is 43.4. The molecule has 4 bridgehead atoms. The molecule has 1 atom stereocenters. The maximum Gasteiger partial charge on any atom is 0.309 e. The summed E-state index contributed by atoms with van der Waals surface area (Å²) in [7, 11) is 3.80. The van der Waals surface area contributed by atoms with Gasteiger partial charge >= 0.3 is 11.9 Å². The summed E-state index contributed by atoms with van der Waals surface area (Å²) in [6.07, 6.45) is 11.2. The predicted molar refractivity (Wildman–Crippen MR) is 243 cm³/mol. The molecule has 6 aliphatic rings. The highest BCUT2D eigenvalue weighted by molar-refractivity contribution is 6.39. The van der Waals surface area contributed by atoms with Crippen molar-refractivity contribution in [3.05, 3.63) is 80.9 Å². The van der Waals surface area contributed by atoms with Crippen LogP contribution in [-0.2, 0) is 49.6 Å². The third kappa shape index (κ3) is 7.41. The zero-order valence-corrected chi connectivity index (χ0v) is 38.2. The van der Waals surface area contributed by atoms with Crippen molar-refractivity contribution >= 4 is 52.4 Å². The van der Waals surface area contributed by atoms with Crippen LogP contribution in [0.3, 0.4) is 0 Å². The number of hydrogen-bond donors (Lipinski definition) is 5. The standard InChI is InChI=1S/C48H58Cl2N8O6/c1-55-35-9-21-57(23-19-45-11-15-47(27-45,16-12-45)43(61)62)25-33(35)51-39(55)41(59)53-31-7-3-5-29(37(31)49)30-6-4-8-32(38(30)50)54-42(60)40-52-34-26-58(22-10-36(34)56(40)2)24-20-46-13-17-48(28-46,18-14-46)44(63)64/h3-8,41,53,59H,9-28H2,1-2H3,(H,54,60)(H,61,62)(H,63,64). The van der Waals surface area contributed by atoms with Gasteiger partial charge in [-0.25, -0.2) is 9.97 Å². The lowest BCUT2D eigenvalue weighted by atomic mass is 9.80. The van der Waals surface area contributed by atoms with Crippen LogP contribution < -0.4 is 10.6 Å². The molecular weight excluding hydrogens is 855 g/mol. The first-order valence-electron chi connectivity index (χ1n) is 23.0. The van der Waals surface area contributed by atoms with E-state index >= 15 is 0 Å². The molecule has 10 rings (SSSR count). The van der Waals surface area contributed by atoms with Crippen LogP contribution in [0.25, 0.3) is 11.1 Å². The van der Waals surface area contributed by atoms with E-state index in [0.717, 1.165) is 139 Å². The van der Waals surface area contributed by atoms with Crippen molar-refractivity contribution in [2.24, 2.45) is 35.8 Å². The molecule has 16 heteroatoms. The second-order valence-electron chi connectivity index (χ2n) is 20.2. The van der Waals surface area contributed by atoms with E-state index in [9.17, 15) is 29.7 Å². The third-order valence-electron chi connectivity index (χ3n) is 16.8. The van der Waals surface area contributed by atoms with Gasteiger partial charge in [0.15, 0.2) is 17.9 Å². The van der Waals surface area contributed by atoms with E-state index in [4.69, 9.17) is 33.2 Å². The number of aliphatic hydroxyl groups is 1. The smallest absolute Gasteiger partial charge is 0.309 e. The number of anilines is 2. The lowest BCUT2D eigenvalue weighted by Gasteiger charge is -2.32. The normalized spacial score (nSPS) is 27.7. The van der Waals surface area contributed by atoms with Gasteiger partial charge in [-0.2, -0.15) is 0 Å². The Morgan fingerprint density at radius 1 is 0.703 bits per heavy atom. The molecule has 2 aromatic carbocycles. The maximum atomic E-state index is 13.8. The Kier molecular flexibility index (Phi) is 11.0. The molecule has 4 saturated carbocycles. The molecule has 4 heterocycles. The molecule has 0 spiro atoms. The number of aliphatic carboxylic acids is 2. The molecule has 64 heavy (non-hydrogen) atoms.